The van der Waals surface area contributed by atoms with E-state index in [0.29, 0.717) is 17.9 Å². The zero-order chi connectivity index (χ0) is 21.5. The molecule has 0 saturated carbocycles. The first-order valence-electron chi connectivity index (χ1n) is 9.77. The van der Waals surface area contributed by atoms with Crippen molar-refractivity contribution in [3.63, 3.8) is 0 Å². The Bertz CT molecular complexity index is 925. The molecule has 2 aromatic rings. The number of carbonyl (C=O) groups is 1. The highest BCUT2D eigenvalue weighted by Gasteiger charge is 2.23. The van der Waals surface area contributed by atoms with Crippen LogP contribution in [0.1, 0.15) is 22.3 Å². The average Bonchev–Trinajstić information content (AvgIpc) is 3.24. The fraction of sp³-hybridized carbons (Fsp3) is 0.364. The highest BCUT2D eigenvalue weighted by molar-refractivity contribution is 14.0. The maximum atomic E-state index is 11.8. The number of aliphatic imine (C=N–C) groups is 1. The second kappa shape index (κ2) is 12.0. The number of benzene rings is 2. The minimum Gasteiger partial charge on any atom is -0.496 e. The minimum atomic E-state index is -0.422. The summed E-state index contributed by atoms with van der Waals surface area (Å²) < 4.78 is 10.1. The average molecular weight is 559 g/mol. The smallest absolute Gasteiger partial charge is 0.341 e. The van der Waals surface area contributed by atoms with Gasteiger partial charge in [0.05, 0.1) is 14.2 Å². The van der Waals surface area contributed by atoms with Gasteiger partial charge >= 0.3 is 5.97 Å². The van der Waals surface area contributed by atoms with Gasteiger partial charge in [-0.2, -0.15) is 0 Å². The first kappa shape index (κ1) is 25.1. The maximum absolute atomic E-state index is 11.8. The first-order valence-corrected chi connectivity index (χ1v) is 10.1. The minimum absolute atomic E-state index is 0. The zero-order valence-electron chi connectivity index (χ0n) is 17.9. The van der Waals surface area contributed by atoms with E-state index < -0.39 is 5.97 Å². The fourth-order valence-electron chi connectivity index (χ4n) is 3.48. The van der Waals surface area contributed by atoms with Crippen molar-refractivity contribution in [1.29, 1.82) is 0 Å². The van der Waals surface area contributed by atoms with Crippen molar-refractivity contribution in [3.8, 4) is 5.75 Å². The van der Waals surface area contributed by atoms with Crippen LogP contribution in [0.2, 0.25) is 5.02 Å². The lowest BCUT2D eigenvalue weighted by atomic mass is 10.1. The number of ether oxygens (including phenoxy) is 2. The topological polar surface area (TPSA) is 75.2 Å². The predicted molar refractivity (Wildman–Crippen MR) is 135 cm³/mol. The molecular formula is C22H28ClIN4O3. The maximum Gasteiger partial charge on any atom is 0.341 e. The third-order valence-electron chi connectivity index (χ3n) is 5.06. The number of guanidine groups is 1. The Morgan fingerprint density at radius 1 is 1.26 bits per heavy atom. The monoisotopic (exact) mass is 558 g/mol. The summed E-state index contributed by atoms with van der Waals surface area (Å²) in [5.74, 6) is 0.787. The quantitative estimate of drug-likeness (QED) is 0.244. The molecule has 2 N–H and O–H groups in total. The lowest BCUT2D eigenvalue weighted by Gasteiger charge is -2.20. The van der Waals surface area contributed by atoms with E-state index in [9.17, 15) is 4.79 Å². The molecule has 168 valence electrons. The molecule has 7 nitrogen and oxygen atoms in total. The molecule has 2 aromatic carbocycles. The molecule has 1 saturated heterocycles. The zero-order valence-corrected chi connectivity index (χ0v) is 20.9. The van der Waals surface area contributed by atoms with E-state index in [4.69, 9.17) is 21.1 Å². The van der Waals surface area contributed by atoms with Crippen molar-refractivity contribution >= 4 is 53.2 Å². The van der Waals surface area contributed by atoms with Gasteiger partial charge in [-0.05, 0) is 42.3 Å². The number of nitrogens with zero attached hydrogens (tertiary/aromatic N) is 2. The van der Waals surface area contributed by atoms with Crippen molar-refractivity contribution in [1.82, 2.24) is 10.6 Å². The van der Waals surface area contributed by atoms with Crippen molar-refractivity contribution in [2.24, 2.45) is 4.99 Å². The molecule has 0 aromatic heterocycles. The number of esters is 1. The number of carbonyl (C=O) groups excluding carboxylic acids is 1. The molecule has 9 heteroatoms. The van der Waals surface area contributed by atoms with Gasteiger partial charge in [-0.1, -0.05) is 23.7 Å². The van der Waals surface area contributed by atoms with E-state index in [1.807, 2.05) is 30.3 Å². The predicted octanol–water partition coefficient (Wildman–Crippen LogP) is 3.70. The molecule has 1 aliphatic heterocycles. The van der Waals surface area contributed by atoms with Crippen molar-refractivity contribution in [2.45, 2.75) is 19.0 Å². The van der Waals surface area contributed by atoms with Gasteiger partial charge in [0.2, 0.25) is 0 Å². The van der Waals surface area contributed by atoms with Crippen LogP contribution in [-0.4, -0.2) is 52.3 Å². The van der Waals surface area contributed by atoms with Crippen LogP contribution in [0.4, 0.5) is 5.69 Å². The Morgan fingerprint density at radius 2 is 2.06 bits per heavy atom. The van der Waals surface area contributed by atoms with E-state index >= 15 is 0 Å². The molecule has 0 radical (unpaired) electrons. The Balaban J connectivity index is 0.00000341. The molecule has 0 aliphatic carbocycles. The summed E-state index contributed by atoms with van der Waals surface area (Å²) in [5, 5.41) is 7.54. The van der Waals surface area contributed by atoms with Gasteiger partial charge in [0.1, 0.15) is 11.3 Å². The first-order chi connectivity index (χ1) is 14.5. The molecule has 1 atom stereocenters. The third kappa shape index (κ3) is 6.64. The van der Waals surface area contributed by atoms with E-state index in [2.05, 4.69) is 26.6 Å². The summed E-state index contributed by atoms with van der Waals surface area (Å²) in [7, 11) is 4.63. The summed E-state index contributed by atoms with van der Waals surface area (Å²) in [6, 6.07) is 13.6. The second-order valence-electron chi connectivity index (χ2n) is 7.01. The Hall–Kier alpha value is -2.20. The van der Waals surface area contributed by atoms with Crippen LogP contribution in [0.15, 0.2) is 47.5 Å². The molecule has 0 amide bonds. The molecule has 1 fully saturated rings. The Kier molecular flexibility index (Phi) is 9.70. The van der Waals surface area contributed by atoms with Gasteiger partial charge in [-0.15, -0.1) is 24.0 Å². The van der Waals surface area contributed by atoms with E-state index in [-0.39, 0.29) is 30.0 Å². The lowest BCUT2D eigenvalue weighted by Crippen LogP contribution is -2.44. The van der Waals surface area contributed by atoms with Crippen LogP contribution in [0, 0.1) is 0 Å². The fourth-order valence-corrected chi connectivity index (χ4v) is 3.67. The van der Waals surface area contributed by atoms with E-state index in [0.717, 1.165) is 41.7 Å². The van der Waals surface area contributed by atoms with Crippen LogP contribution in [0.5, 0.6) is 5.75 Å². The molecule has 0 bridgehead atoms. The van der Waals surface area contributed by atoms with Crippen LogP contribution in [0.25, 0.3) is 0 Å². The van der Waals surface area contributed by atoms with Crippen molar-refractivity contribution in [2.75, 3.05) is 39.3 Å². The Morgan fingerprint density at radius 3 is 2.74 bits per heavy atom. The van der Waals surface area contributed by atoms with E-state index in [1.54, 1.807) is 13.1 Å². The summed E-state index contributed by atoms with van der Waals surface area (Å²) in [6.45, 7) is 2.38. The molecule has 1 unspecified atom stereocenters. The number of nitrogens with one attached hydrogen (secondary N) is 2. The SMILES string of the molecule is CN=C(NCc1ccc(C(=O)OC)c(OC)c1)NC1CCN(c2cccc(Cl)c2)C1.I. The summed E-state index contributed by atoms with van der Waals surface area (Å²) in [4.78, 5) is 18.4. The number of rotatable bonds is 6. The number of halogens is 2. The Labute approximate surface area is 205 Å². The standard InChI is InChI=1S/C22H27ClN4O3.HI/c1-24-22(25-13-15-7-8-19(21(28)30-3)20(11-15)29-2)26-17-9-10-27(14-17)18-6-4-5-16(23)12-18;/h4-8,11-12,17H,9-10,13-14H2,1-3H3,(H2,24,25,26);1H. The van der Waals surface area contributed by atoms with Gasteiger partial charge < -0.3 is 25.0 Å². The number of hydrogen-bond donors (Lipinski definition) is 2. The second-order valence-corrected chi connectivity index (χ2v) is 7.44. The molecule has 3 rings (SSSR count). The molecule has 1 aliphatic rings. The molecular weight excluding hydrogens is 531 g/mol. The van der Waals surface area contributed by atoms with Gasteiger partial charge in [0.15, 0.2) is 5.96 Å². The molecule has 31 heavy (non-hydrogen) atoms. The third-order valence-corrected chi connectivity index (χ3v) is 5.29. The summed E-state index contributed by atoms with van der Waals surface area (Å²) in [6.07, 6.45) is 1.01. The van der Waals surface area contributed by atoms with Gasteiger partial charge in [0, 0.05) is 43.4 Å². The lowest BCUT2D eigenvalue weighted by molar-refractivity contribution is 0.0597. The molecule has 1 heterocycles. The molecule has 0 spiro atoms. The summed E-state index contributed by atoms with van der Waals surface area (Å²) >= 11 is 6.12. The van der Waals surface area contributed by atoms with E-state index in [1.165, 1.54) is 14.2 Å². The normalized spacial score (nSPS) is 15.8. The van der Waals surface area contributed by atoms with Gasteiger partial charge in [0.25, 0.3) is 0 Å². The van der Waals surface area contributed by atoms with Crippen molar-refractivity contribution in [3.05, 3.63) is 58.6 Å². The summed E-state index contributed by atoms with van der Waals surface area (Å²) in [5.41, 5.74) is 2.50. The largest absolute Gasteiger partial charge is 0.496 e. The van der Waals surface area contributed by atoms with Crippen LogP contribution < -0.4 is 20.3 Å². The number of anilines is 1. The van der Waals surface area contributed by atoms with Crippen molar-refractivity contribution < 1.29 is 14.3 Å². The number of methoxy groups -OCH3 is 2. The highest BCUT2D eigenvalue weighted by Crippen LogP contribution is 2.24. The van der Waals surface area contributed by atoms with Gasteiger partial charge in [-0.3, -0.25) is 4.99 Å². The van der Waals surface area contributed by atoms with Gasteiger partial charge in [-0.25, -0.2) is 4.79 Å². The van der Waals surface area contributed by atoms with Crippen LogP contribution in [0.3, 0.4) is 0 Å². The highest BCUT2D eigenvalue weighted by atomic mass is 127. The number of hydrogen-bond acceptors (Lipinski definition) is 5. The van der Waals surface area contributed by atoms with Crippen LogP contribution >= 0.6 is 35.6 Å². The van der Waals surface area contributed by atoms with Crippen LogP contribution in [-0.2, 0) is 11.3 Å².